The van der Waals surface area contributed by atoms with E-state index in [1.807, 2.05) is 30.3 Å². The lowest BCUT2D eigenvalue weighted by Crippen LogP contribution is -2.22. The van der Waals surface area contributed by atoms with Gasteiger partial charge in [-0.2, -0.15) is 4.99 Å². The van der Waals surface area contributed by atoms with E-state index >= 15 is 0 Å². The van der Waals surface area contributed by atoms with Crippen LogP contribution >= 0.6 is 22.9 Å². The zero-order valence-electron chi connectivity index (χ0n) is 15.4. The van der Waals surface area contributed by atoms with E-state index in [-0.39, 0.29) is 12.5 Å². The third-order valence-electron chi connectivity index (χ3n) is 4.96. The molecule has 2 aromatic carbocycles. The van der Waals surface area contributed by atoms with Crippen molar-refractivity contribution in [2.75, 3.05) is 7.11 Å². The number of benzene rings is 2. The predicted molar refractivity (Wildman–Crippen MR) is 110 cm³/mol. The van der Waals surface area contributed by atoms with Crippen LogP contribution in [0.1, 0.15) is 34.3 Å². The molecule has 1 amide bonds. The summed E-state index contributed by atoms with van der Waals surface area (Å²) < 4.78 is 7.29. The fourth-order valence-corrected chi connectivity index (χ4v) is 4.92. The molecule has 1 aliphatic rings. The molecule has 7 heteroatoms. The zero-order valence-corrected chi connectivity index (χ0v) is 17.0. The predicted octanol–water partition coefficient (Wildman–Crippen LogP) is 4.15. The molecular weight excluding hydrogens is 396 g/mol. The number of aromatic nitrogens is 1. The van der Waals surface area contributed by atoms with Gasteiger partial charge in [-0.1, -0.05) is 35.1 Å². The molecule has 4 rings (SSSR count). The van der Waals surface area contributed by atoms with Crippen molar-refractivity contribution in [2.45, 2.75) is 32.2 Å². The van der Waals surface area contributed by atoms with E-state index in [2.05, 4.69) is 4.99 Å². The Labute approximate surface area is 171 Å². The number of amides is 1. The van der Waals surface area contributed by atoms with Crippen LogP contribution in [-0.4, -0.2) is 23.6 Å². The van der Waals surface area contributed by atoms with Crippen molar-refractivity contribution in [3.05, 3.63) is 62.9 Å². The molecule has 28 heavy (non-hydrogen) atoms. The lowest BCUT2D eigenvalue weighted by Gasteiger charge is -2.15. The largest absolute Gasteiger partial charge is 0.468 e. The number of halogens is 1. The van der Waals surface area contributed by atoms with Crippen molar-refractivity contribution in [1.82, 2.24) is 4.57 Å². The van der Waals surface area contributed by atoms with Gasteiger partial charge in [0, 0.05) is 5.56 Å². The third kappa shape index (κ3) is 3.62. The van der Waals surface area contributed by atoms with Gasteiger partial charge in [0.15, 0.2) is 4.80 Å². The monoisotopic (exact) mass is 414 g/mol. The van der Waals surface area contributed by atoms with Crippen molar-refractivity contribution in [3.8, 4) is 0 Å². The molecular formula is C21H19ClN2O3S. The highest BCUT2D eigenvalue weighted by Crippen LogP contribution is 2.26. The highest BCUT2D eigenvalue weighted by Gasteiger charge is 2.16. The lowest BCUT2D eigenvalue weighted by atomic mass is 9.90. The van der Waals surface area contributed by atoms with E-state index in [4.69, 9.17) is 16.3 Å². The van der Waals surface area contributed by atoms with Gasteiger partial charge in [-0.25, -0.2) is 0 Å². The Bertz CT molecular complexity index is 1150. The fraction of sp³-hybridized carbons (Fsp3) is 0.286. The van der Waals surface area contributed by atoms with Gasteiger partial charge in [0.1, 0.15) is 6.54 Å². The number of hydrogen-bond acceptors (Lipinski definition) is 4. The van der Waals surface area contributed by atoms with Gasteiger partial charge in [-0.05, 0) is 61.1 Å². The molecule has 0 radical (unpaired) electrons. The van der Waals surface area contributed by atoms with Crippen molar-refractivity contribution in [2.24, 2.45) is 4.99 Å². The van der Waals surface area contributed by atoms with Crippen LogP contribution in [-0.2, 0) is 28.9 Å². The fourth-order valence-electron chi connectivity index (χ4n) is 3.53. The Morgan fingerprint density at radius 1 is 1.18 bits per heavy atom. The number of methoxy groups -OCH3 is 1. The molecule has 0 atom stereocenters. The topological polar surface area (TPSA) is 60.7 Å². The van der Waals surface area contributed by atoms with Crippen molar-refractivity contribution >= 4 is 45.0 Å². The summed E-state index contributed by atoms with van der Waals surface area (Å²) in [5.74, 6) is -0.753. The van der Waals surface area contributed by atoms with E-state index in [1.165, 1.54) is 36.0 Å². The van der Waals surface area contributed by atoms with Crippen LogP contribution in [0.25, 0.3) is 10.2 Å². The van der Waals surface area contributed by atoms with Gasteiger partial charge in [-0.3, -0.25) is 9.59 Å². The van der Waals surface area contributed by atoms with Crippen LogP contribution in [0.3, 0.4) is 0 Å². The summed E-state index contributed by atoms with van der Waals surface area (Å²) in [6, 6.07) is 11.3. The number of nitrogens with zero attached hydrogens (tertiary/aromatic N) is 2. The average molecular weight is 415 g/mol. The Balaban J connectivity index is 1.80. The molecule has 0 saturated carbocycles. The Kier molecular flexibility index (Phi) is 5.33. The Morgan fingerprint density at radius 2 is 1.96 bits per heavy atom. The van der Waals surface area contributed by atoms with Crippen LogP contribution in [0.2, 0.25) is 5.02 Å². The van der Waals surface area contributed by atoms with Crippen molar-refractivity contribution in [3.63, 3.8) is 0 Å². The Morgan fingerprint density at radius 3 is 2.75 bits per heavy atom. The number of carbonyl (C=O) groups excluding carboxylic acids is 2. The standard InChI is InChI=1S/C21H19ClN2O3S/c1-27-18(25)12-24-19-16(22)7-4-8-17(19)28-21(24)23-20(26)15-10-9-13-5-2-3-6-14(13)11-15/h4,7-11H,2-3,5-6,12H2,1H3. The first-order valence-corrected chi connectivity index (χ1v) is 10.3. The second-order valence-electron chi connectivity index (χ2n) is 6.74. The first-order valence-electron chi connectivity index (χ1n) is 9.12. The van der Waals surface area contributed by atoms with Gasteiger partial charge < -0.3 is 9.30 Å². The molecule has 0 fully saturated rings. The highest BCUT2D eigenvalue weighted by atomic mass is 35.5. The summed E-state index contributed by atoms with van der Waals surface area (Å²) >= 11 is 7.67. The molecule has 3 aromatic rings. The smallest absolute Gasteiger partial charge is 0.325 e. The summed E-state index contributed by atoms with van der Waals surface area (Å²) in [6.45, 7) is -0.0590. The van der Waals surface area contributed by atoms with Crippen LogP contribution in [0, 0.1) is 0 Å². The molecule has 1 aromatic heterocycles. The number of fused-ring (bicyclic) bond motifs is 2. The van der Waals surface area contributed by atoms with Gasteiger partial charge >= 0.3 is 5.97 Å². The maximum Gasteiger partial charge on any atom is 0.325 e. The summed E-state index contributed by atoms with van der Waals surface area (Å²) in [5, 5.41) is 0.500. The summed E-state index contributed by atoms with van der Waals surface area (Å²) in [4.78, 5) is 29.5. The molecule has 0 aliphatic heterocycles. The number of thiazole rings is 1. The molecule has 0 spiro atoms. The first kappa shape index (κ1) is 18.9. The quantitative estimate of drug-likeness (QED) is 0.605. The third-order valence-corrected chi connectivity index (χ3v) is 6.31. The number of rotatable bonds is 3. The Hall–Kier alpha value is -2.44. The molecule has 1 aliphatic carbocycles. The maximum atomic E-state index is 12.8. The van der Waals surface area contributed by atoms with Crippen LogP contribution in [0.4, 0.5) is 0 Å². The van der Waals surface area contributed by atoms with E-state index in [1.54, 1.807) is 10.6 Å². The van der Waals surface area contributed by atoms with Crippen molar-refractivity contribution in [1.29, 1.82) is 0 Å². The second-order valence-corrected chi connectivity index (χ2v) is 8.16. The number of aryl methyl sites for hydroxylation is 2. The van der Waals surface area contributed by atoms with Gasteiger partial charge in [-0.15, -0.1) is 0 Å². The van der Waals surface area contributed by atoms with Crippen LogP contribution in [0.15, 0.2) is 41.4 Å². The molecule has 0 N–H and O–H groups in total. The maximum absolute atomic E-state index is 12.8. The van der Waals surface area contributed by atoms with E-state index in [0.717, 1.165) is 24.0 Å². The van der Waals surface area contributed by atoms with Gasteiger partial charge in [0.05, 0.1) is 22.3 Å². The minimum absolute atomic E-state index is 0.0590. The molecule has 0 unspecified atom stereocenters. The molecule has 0 bridgehead atoms. The van der Waals surface area contributed by atoms with Crippen LogP contribution < -0.4 is 4.80 Å². The minimum Gasteiger partial charge on any atom is -0.468 e. The van der Waals surface area contributed by atoms with E-state index in [9.17, 15) is 9.59 Å². The zero-order chi connectivity index (χ0) is 19.7. The van der Waals surface area contributed by atoms with Crippen LogP contribution in [0.5, 0.6) is 0 Å². The average Bonchev–Trinajstić information content (AvgIpc) is 3.05. The molecule has 144 valence electrons. The minimum atomic E-state index is -0.428. The van der Waals surface area contributed by atoms with E-state index < -0.39 is 5.97 Å². The normalized spacial score (nSPS) is 14.1. The highest BCUT2D eigenvalue weighted by molar-refractivity contribution is 7.16. The number of hydrogen-bond donors (Lipinski definition) is 0. The van der Waals surface area contributed by atoms with Gasteiger partial charge in [0.2, 0.25) is 0 Å². The van der Waals surface area contributed by atoms with E-state index in [0.29, 0.717) is 20.9 Å². The molecule has 5 nitrogen and oxygen atoms in total. The molecule has 0 saturated heterocycles. The molecule has 1 heterocycles. The number of ether oxygens (including phenoxy) is 1. The number of carbonyl (C=O) groups is 2. The lowest BCUT2D eigenvalue weighted by molar-refractivity contribution is -0.141. The summed E-state index contributed by atoms with van der Waals surface area (Å²) in [5.41, 5.74) is 3.79. The SMILES string of the molecule is COC(=O)Cn1c(=NC(=O)c2ccc3c(c2)CCCC3)sc2cccc(Cl)c21. The number of para-hydroxylation sites is 1. The number of esters is 1. The van der Waals surface area contributed by atoms with Crippen molar-refractivity contribution < 1.29 is 14.3 Å². The summed E-state index contributed by atoms with van der Waals surface area (Å²) in [6.07, 6.45) is 4.41. The second kappa shape index (κ2) is 7.89. The summed E-state index contributed by atoms with van der Waals surface area (Å²) in [7, 11) is 1.33. The van der Waals surface area contributed by atoms with Gasteiger partial charge in [0.25, 0.3) is 5.91 Å². The first-order chi connectivity index (χ1) is 13.6.